The number of nitrogens with zero attached hydrogens (tertiary/aromatic N) is 7. The van der Waals surface area contributed by atoms with Gasteiger partial charge in [0, 0.05) is 74.4 Å². The molecule has 2 N–H and O–H groups in total. The van der Waals surface area contributed by atoms with E-state index in [1.165, 1.54) is 0 Å². The molecule has 3 fully saturated rings. The molecule has 10 nitrogen and oxygen atoms in total. The minimum absolute atomic E-state index is 0.121. The topological polar surface area (TPSA) is 120 Å². The predicted octanol–water partition coefficient (Wildman–Crippen LogP) is 3.58. The van der Waals surface area contributed by atoms with Crippen LogP contribution in [-0.2, 0) is 16.6 Å². The van der Waals surface area contributed by atoms with E-state index in [0.717, 1.165) is 37.2 Å². The lowest BCUT2D eigenvalue weighted by molar-refractivity contribution is -0.141. The van der Waals surface area contributed by atoms with Gasteiger partial charge in [0.15, 0.2) is 5.82 Å². The van der Waals surface area contributed by atoms with Crippen molar-refractivity contribution in [3.05, 3.63) is 60.6 Å². The molecule has 3 aromatic rings. The molecule has 43 heavy (non-hydrogen) atoms. The highest BCUT2D eigenvalue weighted by Gasteiger charge is 2.39. The van der Waals surface area contributed by atoms with Crippen LogP contribution in [0.15, 0.2) is 49.2 Å². The molecule has 6 rings (SSSR count). The third kappa shape index (κ3) is 6.62. The maximum absolute atomic E-state index is 13.3. The number of nitrogens with one attached hydrogen (secondary N) is 1. The highest BCUT2D eigenvalue weighted by Crippen LogP contribution is 2.37. The SMILES string of the molecule is O=C(C1CCN(c2cc(C(F)(F)F)ncn2)CC1)N1CC[C@H](NC2CCC(O)(c3ccc(-c4ncccn4)cn3)CC2)C1. The molecule has 3 aliphatic rings. The second-order valence-corrected chi connectivity index (χ2v) is 11.8. The fourth-order valence-corrected chi connectivity index (χ4v) is 6.49. The molecule has 2 saturated heterocycles. The molecule has 0 radical (unpaired) electrons. The van der Waals surface area contributed by atoms with Crippen LogP contribution in [0.1, 0.15) is 56.3 Å². The van der Waals surface area contributed by atoms with Crippen molar-refractivity contribution in [2.24, 2.45) is 5.92 Å². The number of aromatic nitrogens is 5. The van der Waals surface area contributed by atoms with Gasteiger partial charge in [-0.2, -0.15) is 13.2 Å². The van der Waals surface area contributed by atoms with E-state index in [2.05, 4.69) is 30.2 Å². The summed E-state index contributed by atoms with van der Waals surface area (Å²) in [6.45, 7) is 2.28. The first-order valence-electron chi connectivity index (χ1n) is 14.8. The summed E-state index contributed by atoms with van der Waals surface area (Å²) < 4.78 is 39.1. The molecular weight excluding hydrogens is 561 g/mol. The molecular formula is C30H35F3N8O2. The fraction of sp³-hybridized carbons (Fsp3) is 0.533. The number of carbonyl (C=O) groups excluding carboxylic acids is 1. The van der Waals surface area contributed by atoms with Crippen molar-refractivity contribution in [2.45, 2.75) is 68.8 Å². The van der Waals surface area contributed by atoms with Crippen LogP contribution in [0.3, 0.4) is 0 Å². The maximum atomic E-state index is 13.3. The molecule has 2 aliphatic heterocycles. The number of alkyl halides is 3. The lowest BCUT2D eigenvalue weighted by atomic mass is 9.79. The summed E-state index contributed by atoms with van der Waals surface area (Å²) in [7, 11) is 0. The molecule has 1 amide bonds. The summed E-state index contributed by atoms with van der Waals surface area (Å²) in [5, 5.41) is 15.1. The number of carbonyl (C=O) groups is 1. The van der Waals surface area contributed by atoms with Gasteiger partial charge in [0.25, 0.3) is 0 Å². The molecule has 0 bridgehead atoms. The summed E-state index contributed by atoms with van der Waals surface area (Å²) in [4.78, 5) is 37.4. The van der Waals surface area contributed by atoms with E-state index in [1.807, 2.05) is 17.0 Å². The molecule has 1 saturated carbocycles. The van der Waals surface area contributed by atoms with Crippen molar-refractivity contribution in [1.29, 1.82) is 0 Å². The first kappa shape index (κ1) is 29.4. The van der Waals surface area contributed by atoms with Crippen molar-refractivity contribution in [1.82, 2.24) is 35.1 Å². The third-order valence-corrected chi connectivity index (χ3v) is 8.96. The molecule has 13 heteroatoms. The molecule has 5 heterocycles. The van der Waals surface area contributed by atoms with Gasteiger partial charge in [-0.3, -0.25) is 9.78 Å². The van der Waals surface area contributed by atoms with Gasteiger partial charge >= 0.3 is 6.18 Å². The third-order valence-electron chi connectivity index (χ3n) is 8.96. The van der Waals surface area contributed by atoms with Crippen molar-refractivity contribution in [3.63, 3.8) is 0 Å². The van der Waals surface area contributed by atoms with Crippen molar-refractivity contribution in [3.8, 4) is 11.4 Å². The normalized spacial score (nSPS) is 25.2. The summed E-state index contributed by atoms with van der Waals surface area (Å²) in [5.74, 6) is 0.820. The minimum Gasteiger partial charge on any atom is -0.384 e. The Bertz CT molecular complexity index is 1390. The number of aliphatic hydroxyl groups is 1. The number of halogens is 3. The molecule has 0 unspecified atom stereocenters. The lowest BCUT2D eigenvalue weighted by Gasteiger charge is -2.37. The molecule has 228 valence electrons. The van der Waals surface area contributed by atoms with Gasteiger partial charge < -0.3 is 20.2 Å². The largest absolute Gasteiger partial charge is 0.433 e. The van der Waals surface area contributed by atoms with E-state index in [9.17, 15) is 23.1 Å². The van der Waals surface area contributed by atoms with Gasteiger partial charge in [0.2, 0.25) is 5.91 Å². The number of anilines is 1. The van der Waals surface area contributed by atoms with Gasteiger partial charge in [-0.05, 0) is 63.1 Å². The highest BCUT2D eigenvalue weighted by atomic mass is 19.4. The highest BCUT2D eigenvalue weighted by molar-refractivity contribution is 5.79. The van der Waals surface area contributed by atoms with Crippen molar-refractivity contribution in [2.75, 3.05) is 31.1 Å². The van der Waals surface area contributed by atoms with E-state index in [-0.39, 0.29) is 29.7 Å². The Morgan fingerprint density at radius 1 is 0.930 bits per heavy atom. The van der Waals surface area contributed by atoms with E-state index < -0.39 is 17.5 Å². The lowest BCUT2D eigenvalue weighted by Crippen LogP contribution is -2.46. The average molecular weight is 597 g/mol. The summed E-state index contributed by atoms with van der Waals surface area (Å²) in [6.07, 6.45) is 6.34. The molecule has 0 spiro atoms. The number of pyridine rings is 1. The monoisotopic (exact) mass is 596 g/mol. The Balaban J connectivity index is 0.955. The number of rotatable bonds is 6. The van der Waals surface area contributed by atoms with E-state index in [1.54, 1.807) is 29.6 Å². The standard InChI is InChI=1S/C30H35F3N8O2/c31-30(32,33)25-16-26(38-19-37-25)40-13-6-20(7-14-40)28(42)41-15-8-23(18-41)39-22-4-9-29(43,10-5-22)24-3-2-21(17-36-24)27-34-11-1-12-35-27/h1-3,11-12,16-17,19-20,22-23,39,43H,4-10,13-15,18H2/t22?,23-,29?/m0/s1. The van der Waals surface area contributed by atoms with Gasteiger partial charge in [-0.15, -0.1) is 0 Å². The number of hydrogen-bond acceptors (Lipinski definition) is 9. The smallest absolute Gasteiger partial charge is 0.384 e. The van der Waals surface area contributed by atoms with E-state index >= 15 is 0 Å². The van der Waals surface area contributed by atoms with Crippen LogP contribution in [0, 0.1) is 5.92 Å². The molecule has 3 aromatic heterocycles. The van der Waals surface area contributed by atoms with Crippen molar-refractivity contribution >= 4 is 11.7 Å². The maximum Gasteiger partial charge on any atom is 0.433 e. The van der Waals surface area contributed by atoms with Crippen LogP contribution in [-0.4, -0.2) is 79.1 Å². The van der Waals surface area contributed by atoms with Crippen LogP contribution < -0.4 is 10.2 Å². The second-order valence-electron chi connectivity index (χ2n) is 11.8. The van der Waals surface area contributed by atoms with Crippen molar-refractivity contribution < 1.29 is 23.1 Å². The molecule has 1 atom stereocenters. The number of piperidine rings is 1. The Morgan fingerprint density at radius 2 is 1.67 bits per heavy atom. The molecule has 1 aliphatic carbocycles. The first-order chi connectivity index (χ1) is 20.7. The van der Waals surface area contributed by atoms with Crippen LogP contribution in [0.4, 0.5) is 19.0 Å². The Morgan fingerprint density at radius 3 is 2.35 bits per heavy atom. The van der Waals surface area contributed by atoms with Gasteiger partial charge in [0.1, 0.15) is 23.4 Å². The zero-order valence-corrected chi connectivity index (χ0v) is 23.7. The summed E-state index contributed by atoms with van der Waals surface area (Å²) in [6, 6.07) is 6.95. The van der Waals surface area contributed by atoms with Crippen LogP contribution >= 0.6 is 0 Å². The second kappa shape index (κ2) is 12.1. The Labute approximate surface area is 247 Å². The van der Waals surface area contributed by atoms with E-state index in [0.29, 0.717) is 63.4 Å². The van der Waals surface area contributed by atoms with Crippen LogP contribution in [0.25, 0.3) is 11.4 Å². The van der Waals surface area contributed by atoms with Gasteiger partial charge in [-0.25, -0.2) is 19.9 Å². The number of hydrogen-bond donors (Lipinski definition) is 2. The predicted molar refractivity (Wildman–Crippen MR) is 152 cm³/mol. The zero-order chi connectivity index (χ0) is 30.0. The molecule has 0 aromatic carbocycles. The minimum atomic E-state index is -4.52. The first-order valence-corrected chi connectivity index (χ1v) is 14.8. The summed E-state index contributed by atoms with van der Waals surface area (Å²) in [5.41, 5.74) is -0.464. The average Bonchev–Trinajstić information content (AvgIpc) is 3.51. The summed E-state index contributed by atoms with van der Waals surface area (Å²) >= 11 is 0. The number of amides is 1. The Hall–Kier alpha value is -3.71. The fourth-order valence-electron chi connectivity index (χ4n) is 6.49. The van der Waals surface area contributed by atoms with Crippen LogP contribution in [0.2, 0.25) is 0 Å². The Kier molecular flexibility index (Phi) is 8.27. The van der Waals surface area contributed by atoms with Gasteiger partial charge in [-0.1, -0.05) is 0 Å². The van der Waals surface area contributed by atoms with Crippen LogP contribution in [0.5, 0.6) is 0 Å². The van der Waals surface area contributed by atoms with E-state index in [4.69, 9.17) is 0 Å². The number of likely N-dealkylation sites (tertiary alicyclic amines) is 1. The van der Waals surface area contributed by atoms with Gasteiger partial charge in [0.05, 0.1) is 5.69 Å². The quantitative estimate of drug-likeness (QED) is 0.440. The zero-order valence-electron chi connectivity index (χ0n) is 23.7.